The third-order valence-electron chi connectivity index (χ3n) is 2.91. The molecule has 0 bridgehead atoms. The quantitative estimate of drug-likeness (QED) is 0.889. The van der Waals surface area contributed by atoms with Crippen LogP contribution < -0.4 is 10.5 Å². The van der Waals surface area contributed by atoms with Crippen molar-refractivity contribution in [2.24, 2.45) is 11.7 Å². The summed E-state index contributed by atoms with van der Waals surface area (Å²) in [7, 11) is 1.64. The van der Waals surface area contributed by atoms with Crippen molar-refractivity contribution in [1.82, 2.24) is 0 Å². The van der Waals surface area contributed by atoms with E-state index in [0.29, 0.717) is 28.4 Å². The van der Waals surface area contributed by atoms with Crippen molar-refractivity contribution in [3.8, 4) is 5.75 Å². The normalized spacial score (nSPS) is 24.0. The van der Waals surface area contributed by atoms with E-state index in [1.807, 2.05) is 6.07 Å². The first-order valence-electron chi connectivity index (χ1n) is 4.91. The van der Waals surface area contributed by atoms with Gasteiger partial charge in [0.05, 0.1) is 17.2 Å². The molecule has 1 saturated carbocycles. The van der Waals surface area contributed by atoms with Crippen LogP contribution in [0.15, 0.2) is 12.1 Å². The summed E-state index contributed by atoms with van der Waals surface area (Å²) in [6, 6.07) is 3.61. The van der Waals surface area contributed by atoms with Crippen molar-refractivity contribution >= 4 is 23.2 Å². The van der Waals surface area contributed by atoms with Crippen LogP contribution in [0.4, 0.5) is 0 Å². The second-order valence-electron chi connectivity index (χ2n) is 3.82. The molecule has 1 aromatic rings. The van der Waals surface area contributed by atoms with Gasteiger partial charge in [0.2, 0.25) is 0 Å². The SMILES string of the molecule is COc1ccc(Cl)c(Cl)c1C1CC1CN. The molecular weight excluding hydrogens is 233 g/mol. The smallest absolute Gasteiger partial charge is 0.123 e. The lowest BCUT2D eigenvalue weighted by atomic mass is 10.1. The zero-order chi connectivity index (χ0) is 11.0. The molecule has 1 aliphatic carbocycles. The highest BCUT2D eigenvalue weighted by atomic mass is 35.5. The van der Waals surface area contributed by atoms with Gasteiger partial charge in [0.1, 0.15) is 5.75 Å². The van der Waals surface area contributed by atoms with Gasteiger partial charge in [0, 0.05) is 5.56 Å². The molecule has 2 N–H and O–H groups in total. The summed E-state index contributed by atoms with van der Waals surface area (Å²) >= 11 is 12.2. The molecule has 2 nitrogen and oxygen atoms in total. The second kappa shape index (κ2) is 4.20. The number of hydrogen-bond donors (Lipinski definition) is 1. The van der Waals surface area contributed by atoms with E-state index in [2.05, 4.69) is 0 Å². The standard InChI is InChI=1S/C11H13Cl2NO/c1-15-9-3-2-8(12)11(13)10(9)7-4-6(7)5-14/h2-3,6-7H,4-5,14H2,1H3. The van der Waals surface area contributed by atoms with Gasteiger partial charge < -0.3 is 10.5 Å². The van der Waals surface area contributed by atoms with Gasteiger partial charge in [0.15, 0.2) is 0 Å². The van der Waals surface area contributed by atoms with Gasteiger partial charge in [-0.1, -0.05) is 23.2 Å². The molecular formula is C11H13Cl2NO. The summed E-state index contributed by atoms with van der Waals surface area (Å²) in [6.07, 6.45) is 1.08. The predicted octanol–water partition coefficient (Wildman–Crippen LogP) is 3.06. The molecule has 1 fully saturated rings. The fraction of sp³-hybridized carbons (Fsp3) is 0.455. The molecule has 0 aliphatic heterocycles. The lowest BCUT2D eigenvalue weighted by Gasteiger charge is -2.11. The average molecular weight is 246 g/mol. The number of benzene rings is 1. The lowest BCUT2D eigenvalue weighted by molar-refractivity contribution is 0.409. The van der Waals surface area contributed by atoms with Crippen LogP contribution in [-0.2, 0) is 0 Å². The summed E-state index contributed by atoms with van der Waals surface area (Å²) in [4.78, 5) is 0. The van der Waals surface area contributed by atoms with E-state index in [9.17, 15) is 0 Å². The summed E-state index contributed by atoms with van der Waals surface area (Å²) in [5, 5.41) is 1.19. The van der Waals surface area contributed by atoms with Crippen molar-refractivity contribution in [3.63, 3.8) is 0 Å². The highest BCUT2D eigenvalue weighted by Crippen LogP contribution is 2.53. The van der Waals surface area contributed by atoms with Gasteiger partial charge in [0.25, 0.3) is 0 Å². The van der Waals surface area contributed by atoms with E-state index in [1.54, 1.807) is 13.2 Å². The number of ether oxygens (including phenoxy) is 1. The first kappa shape index (κ1) is 11.1. The number of halogens is 2. The molecule has 2 atom stereocenters. The second-order valence-corrected chi connectivity index (χ2v) is 4.60. The molecule has 0 heterocycles. The third-order valence-corrected chi connectivity index (χ3v) is 3.73. The van der Waals surface area contributed by atoms with Crippen LogP contribution in [0.1, 0.15) is 17.9 Å². The lowest BCUT2D eigenvalue weighted by Crippen LogP contribution is -2.03. The van der Waals surface area contributed by atoms with E-state index in [-0.39, 0.29) is 0 Å². The Kier molecular flexibility index (Phi) is 3.10. The minimum Gasteiger partial charge on any atom is -0.496 e. The van der Waals surface area contributed by atoms with Crippen molar-refractivity contribution in [3.05, 3.63) is 27.7 Å². The molecule has 1 aromatic carbocycles. The van der Waals surface area contributed by atoms with Crippen molar-refractivity contribution in [2.75, 3.05) is 13.7 Å². The van der Waals surface area contributed by atoms with E-state index in [4.69, 9.17) is 33.7 Å². The zero-order valence-corrected chi connectivity index (χ0v) is 9.98. The molecule has 0 aromatic heterocycles. The van der Waals surface area contributed by atoms with Crippen LogP contribution in [-0.4, -0.2) is 13.7 Å². The van der Waals surface area contributed by atoms with E-state index >= 15 is 0 Å². The molecule has 0 amide bonds. The summed E-state index contributed by atoms with van der Waals surface area (Å²) < 4.78 is 5.29. The van der Waals surface area contributed by atoms with Gasteiger partial charge in [-0.2, -0.15) is 0 Å². The Morgan fingerprint density at radius 1 is 1.47 bits per heavy atom. The maximum absolute atomic E-state index is 6.18. The Morgan fingerprint density at radius 3 is 2.73 bits per heavy atom. The molecule has 2 unspecified atom stereocenters. The fourth-order valence-electron chi connectivity index (χ4n) is 1.93. The topological polar surface area (TPSA) is 35.2 Å². The molecule has 4 heteroatoms. The summed E-state index contributed by atoms with van der Waals surface area (Å²) in [5.74, 6) is 1.75. The van der Waals surface area contributed by atoms with Gasteiger partial charge in [-0.25, -0.2) is 0 Å². The Balaban J connectivity index is 2.39. The summed E-state index contributed by atoms with van der Waals surface area (Å²) in [6.45, 7) is 0.691. The molecule has 2 rings (SSSR count). The first-order chi connectivity index (χ1) is 7.19. The van der Waals surface area contributed by atoms with E-state index < -0.39 is 0 Å². The monoisotopic (exact) mass is 245 g/mol. The fourth-order valence-corrected chi connectivity index (χ4v) is 2.39. The minimum absolute atomic E-state index is 0.413. The summed E-state index contributed by atoms with van der Waals surface area (Å²) in [5.41, 5.74) is 6.64. The van der Waals surface area contributed by atoms with Crippen molar-refractivity contribution in [2.45, 2.75) is 12.3 Å². The van der Waals surface area contributed by atoms with Crippen LogP contribution in [0, 0.1) is 5.92 Å². The minimum atomic E-state index is 0.413. The number of rotatable bonds is 3. The molecule has 0 radical (unpaired) electrons. The molecule has 1 aliphatic rings. The van der Waals surface area contributed by atoms with Crippen LogP contribution in [0.3, 0.4) is 0 Å². The Labute approximate surface area is 99.3 Å². The van der Waals surface area contributed by atoms with Crippen molar-refractivity contribution < 1.29 is 4.74 Å². The molecule has 82 valence electrons. The molecule has 0 saturated heterocycles. The maximum atomic E-state index is 6.18. The molecule has 15 heavy (non-hydrogen) atoms. The first-order valence-corrected chi connectivity index (χ1v) is 5.66. The zero-order valence-electron chi connectivity index (χ0n) is 8.47. The number of methoxy groups -OCH3 is 1. The van der Waals surface area contributed by atoms with Crippen molar-refractivity contribution in [1.29, 1.82) is 0 Å². The van der Waals surface area contributed by atoms with Gasteiger partial charge >= 0.3 is 0 Å². The van der Waals surface area contributed by atoms with Crippen LogP contribution in [0.25, 0.3) is 0 Å². The highest BCUT2D eigenvalue weighted by Gasteiger charge is 2.40. The highest BCUT2D eigenvalue weighted by molar-refractivity contribution is 6.42. The van der Waals surface area contributed by atoms with E-state index in [1.165, 1.54) is 0 Å². The average Bonchev–Trinajstić information content (AvgIpc) is 3.00. The van der Waals surface area contributed by atoms with Gasteiger partial charge in [-0.15, -0.1) is 0 Å². The van der Waals surface area contributed by atoms with Gasteiger partial charge in [-0.3, -0.25) is 0 Å². The Morgan fingerprint density at radius 2 is 2.20 bits per heavy atom. The van der Waals surface area contributed by atoms with Crippen LogP contribution >= 0.6 is 23.2 Å². The number of nitrogens with two attached hydrogens (primary N) is 1. The van der Waals surface area contributed by atoms with Gasteiger partial charge in [-0.05, 0) is 36.9 Å². The van der Waals surface area contributed by atoms with E-state index in [0.717, 1.165) is 17.7 Å². The Hall–Kier alpha value is -0.440. The maximum Gasteiger partial charge on any atom is 0.123 e. The number of hydrogen-bond acceptors (Lipinski definition) is 2. The predicted molar refractivity (Wildman–Crippen MR) is 62.9 cm³/mol. The Bertz CT molecular complexity index is 381. The molecule has 0 spiro atoms. The largest absolute Gasteiger partial charge is 0.496 e. The third kappa shape index (κ3) is 1.94. The van der Waals surface area contributed by atoms with Crippen LogP contribution in [0.2, 0.25) is 10.0 Å². The van der Waals surface area contributed by atoms with Crippen LogP contribution in [0.5, 0.6) is 5.75 Å².